The second-order valence-corrected chi connectivity index (χ2v) is 5.71. The number of nitriles is 1. The molecule has 0 aromatic heterocycles. The van der Waals surface area contributed by atoms with E-state index in [1.807, 2.05) is 6.07 Å². The maximum Gasteiger partial charge on any atom is 0.334 e. The van der Waals surface area contributed by atoms with Crippen LogP contribution in [0.1, 0.15) is 36.8 Å². The van der Waals surface area contributed by atoms with Crippen LogP contribution in [-0.2, 0) is 16.1 Å². The number of hydrogen-bond donors (Lipinski definition) is 0. The minimum absolute atomic E-state index is 0.0896. The maximum absolute atomic E-state index is 13.9. The van der Waals surface area contributed by atoms with E-state index in [-0.39, 0.29) is 23.7 Å². The van der Waals surface area contributed by atoms with Gasteiger partial charge < -0.3 is 0 Å². The van der Waals surface area contributed by atoms with E-state index in [0.717, 1.165) is 28.7 Å². The van der Waals surface area contributed by atoms with Crippen molar-refractivity contribution in [2.24, 2.45) is 0 Å². The lowest BCUT2D eigenvalue weighted by Crippen LogP contribution is -2.39. The van der Waals surface area contributed by atoms with Gasteiger partial charge in [0.05, 0.1) is 18.2 Å². The number of amides is 4. The number of rotatable bonds is 3. The summed E-state index contributed by atoms with van der Waals surface area (Å²) in [7, 11) is 0. The van der Waals surface area contributed by atoms with Gasteiger partial charge in [-0.25, -0.2) is 9.18 Å². The van der Waals surface area contributed by atoms with Gasteiger partial charge in [0, 0.05) is 11.6 Å². The van der Waals surface area contributed by atoms with Crippen molar-refractivity contribution in [2.45, 2.75) is 38.3 Å². The minimum Gasteiger partial charge on any atom is -0.263 e. The molecule has 4 amide bonds. The summed E-state index contributed by atoms with van der Waals surface area (Å²) in [6, 6.07) is 4.67. The summed E-state index contributed by atoms with van der Waals surface area (Å²) in [5, 5.41) is 8.73. The van der Waals surface area contributed by atoms with Crippen molar-refractivity contribution in [2.75, 3.05) is 0 Å². The van der Waals surface area contributed by atoms with Crippen LogP contribution in [0.3, 0.4) is 0 Å². The lowest BCUT2D eigenvalue weighted by molar-refractivity contribution is -0.144. The summed E-state index contributed by atoms with van der Waals surface area (Å²) in [5.41, 5.74) is 0.237. The van der Waals surface area contributed by atoms with Gasteiger partial charge in [0.15, 0.2) is 0 Å². The van der Waals surface area contributed by atoms with Crippen LogP contribution in [0, 0.1) is 17.1 Å². The van der Waals surface area contributed by atoms with Crippen LogP contribution in [0.4, 0.5) is 9.18 Å². The van der Waals surface area contributed by atoms with Crippen LogP contribution < -0.4 is 0 Å². The van der Waals surface area contributed by atoms with Crippen molar-refractivity contribution in [3.63, 3.8) is 0 Å². The number of carbonyl (C=O) groups excluding carboxylic acids is 3. The molecule has 3 rings (SSSR count). The highest BCUT2D eigenvalue weighted by Crippen LogP contribution is 2.28. The van der Waals surface area contributed by atoms with Crippen molar-refractivity contribution >= 4 is 17.8 Å². The topological polar surface area (TPSA) is 81.5 Å². The molecule has 23 heavy (non-hydrogen) atoms. The number of halogens is 1. The van der Waals surface area contributed by atoms with Gasteiger partial charge in [-0.1, -0.05) is 18.9 Å². The first kappa shape index (κ1) is 15.2. The molecule has 2 fully saturated rings. The molecule has 6 nitrogen and oxygen atoms in total. The Bertz CT molecular complexity index is 735. The molecule has 1 aliphatic carbocycles. The summed E-state index contributed by atoms with van der Waals surface area (Å²) in [6.45, 7) is -0.315. The molecule has 2 aliphatic rings. The van der Waals surface area contributed by atoms with Gasteiger partial charge in [-0.3, -0.25) is 19.4 Å². The standard InChI is InChI=1S/C16H14FN3O3/c17-13-7-10(8-18)5-6-11(13)9-19-14(21)15(22)20(16(19)23)12-3-1-2-4-12/h5-7,12H,1-4,9H2. The fourth-order valence-electron chi connectivity index (χ4n) is 3.06. The minimum atomic E-state index is -0.925. The average Bonchev–Trinajstić information content (AvgIpc) is 3.12. The zero-order valence-electron chi connectivity index (χ0n) is 12.3. The van der Waals surface area contributed by atoms with Gasteiger partial charge in [-0.05, 0) is 25.0 Å². The first-order valence-electron chi connectivity index (χ1n) is 7.40. The van der Waals surface area contributed by atoms with Gasteiger partial charge in [0.1, 0.15) is 5.82 Å². The van der Waals surface area contributed by atoms with Crippen LogP contribution in [0.15, 0.2) is 18.2 Å². The Morgan fingerprint density at radius 3 is 2.48 bits per heavy atom. The summed E-state index contributed by atoms with van der Waals surface area (Å²) in [6.07, 6.45) is 3.23. The summed E-state index contributed by atoms with van der Waals surface area (Å²) >= 11 is 0. The van der Waals surface area contributed by atoms with E-state index >= 15 is 0 Å². The quantitative estimate of drug-likeness (QED) is 0.630. The highest BCUT2D eigenvalue weighted by atomic mass is 19.1. The largest absolute Gasteiger partial charge is 0.334 e. The van der Waals surface area contributed by atoms with Crippen LogP contribution in [0.2, 0.25) is 0 Å². The number of imide groups is 2. The van der Waals surface area contributed by atoms with Crippen LogP contribution in [-0.4, -0.2) is 33.7 Å². The molecular formula is C16H14FN3O3. The molecule has 118 valence electrons. The molecule has 0 spiro atoms. The molecule has 1 heterocycles. The first-order valence-corrected chi connectivity index (χ1v) is 7.40. The molecule has 0 N–H and O–H groups in total. The van der Waals surface area contributed by atoms with Crippen molar-refractivity contribution in [3.05, 3.63) is 35.1 Å². The third-order valence-corrected chi connectivity index (χ3v) is 4.28. The SMILES string of the molecule is N#Cc1ccc(CN2C(=O)C(=O)N(C3CCCC3)C2=O)c(F)c1. The van der Waals surface area contributed by atoms with E-state index in [1.54, 1.807) is 0 Å². The van der Waals surface area contributed by atoms with E-state index in [4.69, 9.17) is 5.26 Å². The van der Waals surface area contributed by atoms with Gasteiger partial charge >= 0.3 is 17.8 Å². The number of carbonyl (C=O) groups is 3. The number of hydrogen-bond acceptors (Lipinski definition) is 4. The second kappa shape index (κ2) is 5.80. The maximum atomic E-state index is 13.9. The molecule has 1 aromatic carbocycles. The lowest BCUT2D eigenvalue weighted by Gasteiger charge is -2.21. The van der Waals surface area contributed by atoms with Gasteiger partial charge in [0.2, 0.25) is 0 Å². The fourth-order valence-corrected chi connectivity index (χ4v) is 3.06. The first-order chi connectivity index (χ1) is 11.0. The smallest absolute Gasteiger partial charge is 0.263 e. The Morgan fingerprint density at radius 1 is 1.17 bits per heavy atom. The van der Waals surface area contributed by atoms with E-state index in [0.29, 0.717) is 12.8 Å². The molecule has 1 aliphatic heterocycles. The number of benzene rings is 1. The zero-order chi connectivity index (χ0) is 16.6. The summed E-state index contributed by atoms with van der Waals surface area (Å²) in [5.74, 6) is -2.45. The van der Waals surface area contributed by atoms with Crippen molar-refractivity contribution < 1.29 is 18.8 Å². The molecule has 0 unspecified atom stereocenters. The molecule has 0 atom stereocenters. The van der Waals surface area contributed by atoms with Crippen molar-refractivity contribution in [3.8, 4) is 6.07 Å². The fraction of sp³-hybridized carbons (Fsp3) is 0.375. The Balaban J connectivity index is 1.83. The second-order valence-electron chi connectivity index (χ2n) is 5.71. The predicted octanol–water partition coefficient (Wildman–Crippen LogP) is 1.93. The molecular weight excluding hydrogens is 301 g/mol. The highest BCUT2D eigenvalue weighted by molar-refractivity contribution is 6.44. The summed E-state index contributed by atoms with van der Waals surface area (Å²) < 4.78 is 13.9. The van der Waals surface area contributed by atoms with Gasteiger partial charge in [-0.2, -0.15) is 5.26 Å². The van der Waals surface area contributed by atoms with E-state index in [9.17, 15) is 18.8 Å². The Morgan fingerprint density at radius 2 is 1.87 bits per heavy atom. The molecule has 1 saturated carbocycles. The van der Waals surface area contributed by atoms with Gasteiger partial charge in [-0.15, -0.1) is 0 Å². The van der Waals surface area contributed by atoms with Crippen LogP contribution in [0.5, 0.6) is 0 Å². The average molecular weight is 315 g/mol. The Hall–Kier alpha value is -2.75. The molecule has 0 bridgehead atoms. The predicted molar refractivity (Wildman–Crippen MR) is 76.2 cm³/mol. The number of nitrogens with zero attached hydrogens (tertiary/aromatic N) is 3. The molecule has 1 saturated heterocycles. The Labute approximate surface area is 132 Å². The normalized spacial score (nSPS) is 18.9. The van der Waals surface area contributed by atoms with Crippen molar-refractivity contribution in [1.82, 2.24) is 9.80 Å². The van der Waals surface area contributed by atoms with E-state index in [1.165, 1.54) is 12.1 Å². The molecule has 1 aromatic rings. The monoisotopic (exact) mass is 315 g/mol. The van der Waals surface area contributed by atoms with Crippen LogP contribution >= 0.6 is 0 Å². The Kier molecular flexibility index (Phi) is 3.82. The van der Waals surface area contributed by atoms with E-state index in [2.05, 4.69) is 0 Å². The zero-order valence-corrected chi connectivity index (χ0v) is 12.3. The van der Waals surface area contributed by atoms with E-state index < -0.39 is 23.7 Å². The third-order valence-electron chi connectivity index (χ3n) is 4.28. The molecule has 0 radical (unpaired) electrons. The van der Waals surface area contributed by atoms with Crippen molar-refractivity contribution in [1.29, 1.82) is 5.26 Å². The van der Waals surface area contributed by atoms with Gasteiger partial charge in [0.25, 0.3) is 0 Å². The summed E-state index contributed by atoms with van der Waals surface area (Å²) in [4.78, 5) is 38.3. The van der Waals surface area contributed by atoms with Crippen LogP contribution in [0.25, 0.3) is 0 Å². The number of urea groups is 1. The highest BCUT2D eigenvalue weighted by Gasteiger charge is 2.48. The lowest BCUT2D eigenvalue weighted by atomic mass is 10.1. The molecule has 7 heteroatoms. The third kappa shape index (κ3) is 2.57.